The molecule has 1 N–H and O–H groups in total. The molecule has 0 atom stereocenters. The first kappa shape index (κ1) is 9.64. The predicted molar refractivity (Wildman–Crippen MR) is 54.0 cm³/mol. The van der Waals surface area contributed by atoms with Crippen LogP contribution in [0.5, 0.6) is 0 Å². The Morgan fingerprint density at radius 2 is 2.07 bits per heavy atom. The molecule has 3 nitrogen and oxygen atoms in total. The quantitative estimate of drug-likeness (QED) is 0.757. The fourth-order valence-corrected chi connectivity index (χ4v) is 2.75. The molecule has 1 aromatic carbocycles. The number of hydrogen-bond acceptors (Lipinski definition) is 3. The van der Waals surface area contributed by atoms with Crippen molar-refractivity contribution in [3.63, 3.8) is 0 Å². The van der Waals surface area contributed by atoms with Crippen LogP contribution in [0.1, 0.15) is 5.56 Å². The first-order chi connectivity index (χ1) is 6.50. The van der Waals surface area contributed by atoms with Crippen LogP contribution < -0.4 is 0 Å². The van der Waals surface area contributed by atoms with Gasteiger partial charge in [-0.15, -0.1) is 11.3 Å². The van der Waals surface area contributed by atoms with Crippen molar-refractivity contribution in [1.82, 2.24) is 0 Å². The molecule has 0 saturated carbocycles. The van der Waals surface area contributed by atoms with E-state index in [2.05, 4.69) is 10.8 Å². The maximum absolute atomic E-state index is 11.0. The van der Waals surface area contributed by atoms with E-state index < -0.39 is 10.1 Å². The van der Waals surface area contributed by atoms with Crippen molar-refractivity contribution in [2.75, 3.05) is 0 Å². The second-order valence-corrected chi connectivity index (χ2v) is 4.89. The topological polar surface area (TPSA) is 54.4 Å². The number of benzene rings is 1. The molecule has 0 fully saturated rings. The van der Waals surface area contributed by atoms with Crippen LogP contribution in [-0.4, -0.2) is 13.0 Å². The number of aryl methyl sites for hydroxylation is 1. The first-order valence-corrected chi connectivity index (χ1v) is 6.05. The fourth-order valence-electron chi connectivity index (χ4n) is 1.32. The van der Waals surface area contributed by atoms with Gasteiger partial charge in [0.15, 0.2) is 0 Å². The largest absolute Gasteiger partial charge is 0.294 e. The average Bonchev–Trinajstić information content (AvgIpc) is 2.50. The van der Waals surface area contributed by atoms with E-state index >= 15 is 0 Å². The molecular formula is C9H6O3S2. The molecule has 1 aromatic heterocycles. The monoisotopic (exact) mass is 226 g/mol. The minimum absolute atomic E-state index is 0.0620. The zero-order valence-electron chi connectivity index (χ0n) is 7.23. The lowest BCUT2D eigenvalue weighted by Crippen LogP contribution is -2.00. The van der Waals surface area contributed by atoms with Gasteiger partial charge in [0.05, 0.1) is 15.7 Å². The Kier molecular flexibility index (Phi) is 2.10. The second kappa shape index (κ2) is 3.05. The molecule has 2 aromatic rings. The molecule has 0 aliphatic carbocycles. The third kappa shape index (κ3) is 1.43. The molecule has 2 rings (SSSR count). The lowest BCUT2D eigenvalue weighted by Gasteiger charge is -2.02. The van der Waals surface area contributed by atoms with Gasteiger partial charge >= 0.3 is 0 Å². The van der Waals surface area contributed by atoms with Gasteiger partial charge in [0.25, 0.3) is 10.1 Å². The summed E-state index contributed by atoms with van der Waals surface area (Å²) in [5.74, 6) is 0. The standard InChI is InChI=1S/C9H6O3S2/c1-6-8-5-13-4-7(8)2-3-9(6)14(10,11)12/h2-3H,1H3,(H,10,11,12). The van der Waals surface area contributed by atoms with Crippen LogP contribution in [-0.2, 0) is 10.1 Å². The van der Waals surface area contributed by atoms with Gasteiger partial charge in [0, 0.05) is 10.8 Å². The predicted octanol–water partition coefficient (Wildman–Crippen LogP) is 2.06. The lowest BCUT2D eigenvalue weighted by molar-refractivity contribution is 0.483. The molecular weight excluding hydrogens is 220 g/mol. The number of rotatable bonds is 1. The highest BCUT2D eigenvalue weighted by Gasteiger charge is 2.15. The molecule has 5 heteroatoms. The second-order valence-electron chi connectivity index (χ2n) is 2.89. The molecule has 0 unspecified atom stereocenters. The van der Waals surface area contributed by atoms with E-state index in [0.717, 1.165) is 5.39 Å². The fraction of sp³-hybridized carbons (Fsp3) is 0.111. The van der Waals surface area contributed by atoms with Crippen molar-refractivity contribution in [2.24, 2.45) is 0 Å². The molecule has 2 radical (unpaired) electrons. The van der Waals surface area contributed by atoms with E-state index in [0.29, 0.717) is 10.9 Å². The minimum Gasteiger partial charge on any atom is -0.282 e. The highest BCUT2D eigenvalue weighted by atomic mass is 32.2. The molecule has 1 heterocycles. The van der Waals surface area contributed by atoms with Crippen LogP contribution in [0.3, 0.4) is 0 Å². The van der Waals surface area contributed by atoms with Crippen molar-refractivity contribution in [2.45, 2.75) is 11.8 Å². The summed E-state index contributed by atoms with van der Waals surface area (Å²) in [7, 11) is -4.13. The molecule has 0 spiro atoms. The molecule has 14 heavy (non-hydrogen) atoms. The number of hydrogen-bond donors (Lipinski definition) is 1. The van der Waals surface area contributed by atoms with Crippen LogP contribution >= 0.6 is 11.3 Å². The summed E-state index contributed by atoms with van der Waals surface area (Å²) in [6, 6.07) is 2.99. The maximum Gasteiger partial charge on any atom is 0.294 e. The van der Waals surface area contributed by atoms with Crippen molar-refractivity contribution in [3.8, 4) is 0 Å². The molecule has 0 saturated heterocycles. The Morgan fingerprint density at radius 3 is 2.71 bits per heavy atom. The van der Waals surface area contributed by atoms with Crippen LogP contribution in [0.4, 0.5) is 0 Å². The highest BCUT2D eigenvalue weighted by Crippen LogP contribution is 2.26. The summed E-state index contributed by atoms with van der Waals surface area (Å²) in [6.45, 7) is 1.64. The highest BCUT2D eigenvalue weighted by molar-refractivity contribution is 7.85. The number of thiophene rings is 1. The summed E-state index contributed by atoms with van der Waals surface area (Å²) >= 11 is 1.26. The van der Waals surface area contributed by atoms with Crippen molar-refractivity contribution >= 4 is 32.2 Å². The van der Waals surface area contributed by atoms with Crippen molar-refractivity contribution < 1.29 is 13.0 Å². The molecule has 0 aliphatic heterocycles. The van der Waals surface area contributed by atoms with Crippen LogP contribution in [0.2, 0.25) is 0 Å². The van der Waals surface area contributed by atoms with Gasteiger partial charge in [-0.1, -0.05) is 6.07 Å². The lowest BCUT2D eigenvalue weighted by atomic mass is 10.1. The zero-order valence-corrected chi connectivity index (χ0v) is 8.87. The Bertz CT molecular complexity index is 581. The van der Waals surface area contributed by atoms with Gasteiger partial charge < -0.3 is 0 Å². The van der Waals surface area contributed by atoms with E-state index in [1.54, 1.807) is 13.0 Å². The summed E-state index contributed by atoms with van der Waals surface area (Å²) < 4.78 is 30.8. The summed E-state index contributed by atoms with van der Waals surface area (Å²) in [6.07, 6.45) is 0. The summed E-state index contributed by atoms with van der Waals surface area (Å²) in [5.41, 5.74) is 0.516. The SMILES string of the molecule is Cc1c(S(=O)(=O)O)ccc2[c]s[c]c12. The molecule has 0 amide bonds. The maximum atomic E-state index is 11.0. The zero-order chi connectivity index (χ0) is 10.3. The van der Waals surface area contributed by atoms with Gasteiger partial charge in [-0.25, -0.2) is 0 Å². The minimum atomic E-state index is -4.13. The van der Waals surface area contributed by atoms with Crippen molar-refractivity contribution in [1.29, 1.82) is 0 Å². The normalized spacial score (nSPS) is 12.1. The third-order valence-corrected chi connectivity index (χ3v) is 3.63. The van der Waals surface area contributed by atoms with Gasteiger partial charge in [-0.05, 0) is 18.6 Å². The van der Waals surface area contributed by atoms with Crippen LogP contribution in [0, 0.1) is 17.7 Å². The van der Waals surface area contributed by atoms with E-state index in [-0.39, 0.29) is 4.90 Å². The van der Waals surface area contributed by atoms with E-state index in [4.69, 9.17) is 4.55 Å². The third-order valence-electron chi connectivity index (χ3n) is 2.01. The number of fused-ring (bicyclic) bond motifs is 1. The van der Waals surface area contributed by atoms with Crippen molar-refractivity contribution in [3.05, 3.63) is 28.5 Å². The van der Waals surface area contributed by atoms with E-state index in [1.807, 2.05) is 0 Å². The van der Waals surface area contributed by atoms with Crippen LogP contribution in [0.25, 0.3) is 10.8 Å². The van der Waals surface area contributed by atoms with Gasteiger partial charge in [0.2, 0.25) is 0 Å². The molecule has 72 valence electrons. The average molecular weight is 226 g/mol. The van der Waals surface area contributed by atoms with E-state index in [1.165, 1.54) is 17.4 Å². The van der Waals surface area contributed by atoms with Crippen LogP contribution in [0.15, 0.2) is 17.0 Å². The first-order valence-electron chi connectivity index (χ1n) is 3.79. The molecule has 0 bridgehead atoms. The summed E-state index contributed by atoms with van der Waals surface area (Å²) in [5, 5.41) is 7.38. The Morgan fingerprint density at radius 1 is 1.36 bits per heavy atom. The van der Waals surface area contributed by atoms with E-state index in [9.17, 15) is 8.42 Å². The van der Waals surface area contributed by atoms with Gasteiger partial charge in [0.1, 0.15) is 0 Å². The Balaban J connectivity index is 2.88. The Labute approximate surface area is 85.7 Å². The smallest absolute Gasteiger partial charge is 0.282 e. The van der Waals surface area contributed by atoms with Gasteiger partial charge in [-0.3, -0.25) is 4.55 Å². The summed E-state index contributed by atoms with van der Waals surface area (Å²) in [4.78, 5) is -0.0620. The molecule has 0 aliphatic rings. The van der Waals surface area contributed by atoms with Gasteiger partial charge in [-0.2, -0.15) is 8.42 Å². The Hall–Kier alpha value is -0.910.